The zero-order valence-electron chi connectivity index (χ0n) is 13.8. The largest absolute Gasteiger partial charge is 0.349 e. The fourth-order valence-electron chi connectivity index (χ4n) is 2.63. The third-order valence-corrected chi connectivity index (χ3v) is 5.75. The number of nitrogens with one attached hydrogen (secondary N) is 1. The van der Waals surface area contributed by atoms with Gasteiger partial charge in [0.25, 0.3) is 5.91 Å². The Hall–Kier alpha value is -1.89. The normalized spacial score (nSPS) is 12.5. The number of carbonyl (C=O) groups excluding carboxylic acids is 1. The Morgan fingerprint density at radius 2 is 1.96 bits per heavy atom. The van der Waals surface area contributed by atoms with Crippen LogP contribution in [0.15, 0.2) is 53.4 Å². The molecule has 126 valence electrons. The highest BCUT2D eigenvalue weighted by atomic mass is 32.1. The molecular formula is C18H21N3OS2. The van der Waals surface area contributed by atoms with Crippen LogP contribution in [0.2, 0.25) is 0 Å². The third-order valence-electron chi connectivity index (χ3n) is 3.92. The van der Waals surface area contributed by atoms with E-state index in [1.165, 1.54) is 9.75 Å². The molecule has 1 atom stereocenters. The predicted molar refractivity (Wildman–Crippen MR) is 101 cm³/mol. The second-order valence-electron chi connectivity index (χ2n) is 5.81. The molecule has 3 aromatic heterocycles. The summed E-state index contributed by atoms with van der Waals surface area (Å²) in [6.07, 6.45) is 1.96. The number of nitrogens with zero attached hydrogens (tertiary/aromatic N) is 2. The van der Waals surface area contributed by atoms with Crippen LogP contribution in [0.25, 0.3) is 0 Å². The lowest BCUT2D eigenvalue weighted by atomic mass is 10.2. The second kappa shape index (κ2) is 7.79. The van der Waals surface area contributed by atoms with Crippen molar-refractivity contribution in [1.82, 2.24) is 14.8 Å². The van der Waals surface area contributed by atoms with Gasteiger partial charge in [0.1, 0.15) is 5.69 Å². The van der Waals surface area contributed by atoms with Crippen molar-refractivity contribution >= 4 is 28.6 Å². The molecule has 0 saturated carbocycles. The minimum Gasteiger partial charge on any atom is -0.349 e. The van der Waals surface area contributed by atoms with E-state index >= 15 is 0 Å². The standard InChI is InChI=1S/C18H21N3OS2/c1-20(2)16(17-8-5-11-24-17)12-19-18(22)15-7-3-9-21(15)13-14-6-4-10-23-14/h3-11,16H,12-13H2,1-2H3,(H,19,22). The van der Waals surface area contributed by atoms with E-state index in [0.717, 1.165) is 6.54 Å². The molecule has 0 saturated heterocycles. The second-order valence-corrected chi connectivity index (χ2v) is 7.82. The summed E-state index contributed by atoms with van der Waals surface area (Å²) >= 11 is 3.42. The van der Waals surface area contributed by atoms with E-state index in [1.54, 1.807) is 22.7 Å². The highest BCUT2D eigenvalue weighted by Crippen LogP contribution is 2.22. The summed E-state index contributed by atoms with van der Waals surface area (Å²) in [5.41, 5.74) is 0.701. The Morgan fingerprint density at radius 3 is 2.62 bits per heavy atom. The molecule has 1 N–H and O–H groups in total. The fraction of sp³-hybridized carbons (Fsp3) is 0.278. The summed E-state index contributed by atoms with van der Waals surface area (Å²) in [7, 11) is 4.08. The van der Waals surface area contributed by atoms with Crippen LogP contribution in [-0.4, -0.2) is 36.0 Å². The maximum Gasteiger partial charge on any atom is 0.267 e. The topological polar surface area (TPSA) is 37.3 Å². The van der Waals surface area contributed by atoms with Crippen molar-refractivity contribution in [3.05, 3.63) is 68.8 Å². The van der Waals surface area contributed by atoms with Crippen LogP contribution >= 0.6 is 22.7 Å². The van der Waals surface area contributed by atoms with Crippen molar-refractivity contribution < 1.29 is 4.79 Å². The van der Waals surface area contributed by atoms with Crippen LogP contribution in [0.3, 0.4) is 0 Å². The van der Waals surface area contributed by atoms with Crippen molar-refractivity contribution in [3.8, 4) is 0 Å². The van der Waals surface area contributed by atoms with Crippen LogP contribution in [0.1, 0.15) is 26.3 Å². The summed E-state index contributed by atoms with van der Waals surface area (Å²) < 4.78 is 2.00. The molecular weight excluding hydrogens is 338 g/mol. The molecule has 0 aliphatic carbocycles. The number of carbonyl (C=O) groups is 1. The Kier molecular flexibility index (Phi) is 5.50. The molecule has 6 heteroatoms. The number of rotatable bonds is 7. The maximum absolute atomic E-state index is 12.6. The maximum atomic E-state index is 12.6. The summed E-state index contributed by atoms with van der Waals surface area (Å²) in [4.78, 5) is 17.2. The molecule has 0 aliphatic heterocycles. The number of hydrogen-bond acceptors (Lipinski definition) is 4. The van der Waals surface area contributed by atoms with Gasteiger partial charge in [-0.1, -0.05) is 12.1 Å². The summed E-state index contributed by atoms with van der Waals surface area (Å²) in [5.74, 6) is -0.0278. The van der Waals surface area contributed by atoms with Gasteiger partial charge in [0.05, 0.1) is 12.6 Å². The monoisotopic (exact) mass is 359 g/mol. The van der Waals surface area contributed by atoms with Crippen molar-refractivity contribution in [3.63, 3.8) is 0 Å². The third kappa shape index (κ3) is 3.95. The first kappa shape index (κ1) is 17.0. The SMILES string of the molecule is CN(C)C(CNC(=O)c1cccn1Cc1cccs1)c1cccs1. The molecule has 0 fully saturated rings. The summed E-state index contributed by atoms with van der Waals surface area (Å²) in [6.45, 7) is 1.33. The zero-order chi connectivity index (χ0) is 16.9. The smallest absolute Gasteiger partial charge is 0.267 e. The number of aromatic nitrogens is 1. The highest BCUT2D eigenvalue weighted by Gasteiger charge is 2.18. The average molecular weight is 360 g/mol. The number of likely N-dealkylation sites (N-methyl/N-ethyl adjacent to an activating group) is 1. The molecule has 0 bridgehead atoms. The van der Waals surface area contributed by atoms with Gasteiger partial charge in [-0.3, -0.25) is 4.79 Å². The van der Waals surface area contributed by atoms with Gasteiger partial charge < -0.3 is 14.8 Å². The molecule has 3 aromatic rings. The average Bonchev–Trinajstić information content (AvgIpc) is 3.30. The van der Waals surface area contributed by atoms with Gasteiger partial charge in [0, 0.05) is 22.5 Å². The molecule has 0 radical (unpaired) electrons. The summed E-state index contributed by atoms with van der Waals surface area (Å²) in [6, 6.07) is 12.3. The Bertz CT molecular complexity index is 760. The van der Waals surface area contributed by atoms with Crippen LogP contribution in [0.5, 0.6) is 0 Å². The van der Waals surface area contributed by atoms with E-state index in [-0.39, 0.29) is 11.9 Å². The van der Waals surface area contributed by atoms with Crippen LogP contribution in [-0.2, 0) is 6.54 Å². The van der Waals surface area contributed by atoms with E-state index < -0.39 is 0 Å². The van der Waals surface area contributed by atoms with Crippen molar-refractivity contribution in [2.24, 2.45) is 0 Å². The van der Waals surface area contributed by atoms with Gasteiger partial charge in [0.2, 0.25) is 0 Å². The number of hydrogen-bond donors (Lipinski definition) is 1. The zero-order valence-corrected chi connectivity index (χ0v) is 15.4. The lowest BCUT2D eigenvalue weighted by Gasteiger charge is -2.23. The molecule has 4 nitrogen and oxygen atoms in total. The molecule has 3 heterocycles. The van der Waals surface area contributed by atoms with Gasteiger partial charge in [-0.2, -0.15) is 0 Å². The quantitative estimate of drug-likeness (QED) is 0.698. The Labute approximate surface area is 150 Å². The molecule has 24 heavy (non-hydrogen) atoms. The fourth-order valence-corrected chi connectivity index (χ4v) is 4.25. The number of amides is 1. The molecule has 3 rings (SSSR count). The number of thiophene rings is 2. The first-order chi connectivity index (χ1) is 11.6. The van der Waals surface area contributed by atoms with E-state index in [1.807, 2.05) is 49.1 Å². The van der Waals surface area contributed by atoms with Crippen molar-refractivity contribution in [2.75, 3.05) is 20.6 Å². The lowest BCUT2D eigenvalue weighted by Crippen LogP contribution is -2.35. The van der Waals surface area contributed by atoms with Gasteiger partial charge in [-0.25, -0.2) is 0 Å². The summed E-state index contributed by atoms with van der Waals surface area (Å²) in [5, 5.41) is 7.21. The molecule has 1 unspecified atom stereocenters. The van der Waals surface area contributed by atoms with Gasteiger partial charge >= 0.3 is 0 Å². The van der Waals surface area contributed by atoms with Gasteiger partial charge in [0.15, 0.2) is 0 Å². The minimum absolute atomic E-state index is 0.0278. The van der Waals surface area contributed by atoms with Gasteiger partial charge in [-0.05, 0) is 49.1 Å². The molecule has 0 aliphatic rings. The van der Waals surface area contributed by atoms with Gasteiger partial charge in [-0.15, -0.1) is 22.7 Å². The van der Waals surface area contributed by atoms with E-state index in [9.17, 15) is 4.79 Å². The van der Waals surface area contributed by atoms with Crippen LogP contribution in [0, 0.1) is 0 Å². The van der Waals surface area contributed by atoms with Crippen LogP contribution in [0.4, 0.5) is 0 Å². The predicted octanol–water partition coefficient (Wildman–Crippen LogP) is 3.69. The Balaban J connectivity index is 1.66. The van der Waals surface area contributed by atoms with Crippen LogP contribution < -0.4 is 5.32 Å². The van der Waals surface area contributed by atoms with Crippen molar-refractivity contribution in [2.45, 2.75) is 12.6 Å². The van der Waals surface area contributed by atoms with E-state index in [2.05, 4.69) is 33.1 Å². The molecule has 0 aromatic carbocycles. The van der Waals surface area contributed by atoms with E-state index in [0.29, 0.717) is 12.2 Å². The van der Waals surface area contributed by atoms with E-state index in [4.69, 9.17) is 0 Å². The molecule has 0 spiro atoms. The molecule has 1 amide bonds. The first-order valence-electron chi connectivity index (χ1n) is 7.80. The first-order valence-corrected chi connectivity index (χ1v) is 9.56. The Morgan fingerprint density at radius 1 is 1.17 bits per heavy atom. The minimum atomic E-state index is -0.0278. The van der Waals surface area contributed by atoms with Crippen molar-refractivity contribution in [1.29, 1.82) is 0 Å². The lowest BCUT2D eigenvalue weighted by molar-refractivity contribution is 0.0933. The highest BCUT2D eigenvalue weighted by molar-refractivity contribution is 7.10.